The van der Waals surface area contributed by atoms with Crippen molar-refractivity contribution in [1.29, 1.82) is 0 Å². The van der Waals surface area contributed by atoms with Crippen molar-refractivity contribution < 1.29 is 24.7 Å². The highest BCUT2D eigenvalue weighted by Crippen LogP contribution is 2.32. The highest BCUT2D eigenvalue weighted by molar-refractivity contribution is 5.74. The van der Waals surface area contributed by atoms with Crippen LogP contribution in [0.25, 0.3) is 0 Å². The van der Waals surface area contributed by atoms with Gasteiger partial charge < -0.3 is 24.5 Å². The van der Waals surface area contributed by atoms with E-state index in [1.54, 1.807) is 6.07 Å². The molecule has 1 atom stereocenters. The van der Waals surface area contributed by atoms with E-state index in [9.17, 15) is 15.2 Å². The van der Waals surface area contributed by atoms with Crippen LogP contribution in [0.1, 0.15) is 18.4 Å². The molecule has 1 unspecified atom stereocenters. The Balaban J connectivity index is 1.65. The number of carbonyl (C=O) groups is 1. The van der Waals surface area contributed by atoms with Crippen LogP contribution >= 0.6 is 0 Å². The van der Waals surface area contributed by atoms with Crippen molar-refractivity contribution >= 4 is 11.7 Å². The molecule has 0 bridgehead atoms. The van der Waals surface area contributed by atoms with E-state index in [2.05, 4.69) is 4.90 Å². The van der Waals surface area contributed by atoms with E-state index in [4.69, 9.17) is 9.47 Å². The van der Waals surface area contributed by atoms with Gasteiger partial charge in [-0.05, 0) is 18.9 Å². The van der Waals surface area contributed by atoms with E-state index in [0.29, 0.717) is 49.8 Å². The average molecular weight is 380 g/mol. The molecule has 3 rings (SSSR count). The van der Waals surface area contributed by atoms with E-state index in [0.717, 1.165) is 25.9 Å². The summed E-state index contributed by atoms with van der Waals surface area (Å²) >= 11 is 0. The summed E-state index contributed by atoms with van der Waals surface area (Å²) in [5, 5.41) is 20.2. The van der Waals surface area contributed by atoms with E-state index < -0.39 is 5.23 Å². The Bertz CT molecular complexity index is 655. The number of likely N-dealkylation sites (tertiary alicyclic amines) is 1. The van der Waals surface area contributed by atoms with Gasteiger partial charge in [-0.15, -0.1) is 0 Å². The number of urea groups is 1. The Kier molecular flexibility index (Phi) is 6.38. The summed E-state index contributed by atoms with van der Waals surface area (Å²) in [6.45, 7) is 4.95. The monoisotopic (exact) mass is 380 g/mol. The minimum absolute atomic E-state index is 0.129. The van der Waals surface area contributed by atoms with E-state index in [1.165, 1.54) is 20.3 Å². The maximum atomic E-state index is 12.5. The molecule has 2 N–H and O–H groups in total. The first-order valence-corrected chi connectivity index (χ1v) is 9.28. The maximum Gasteiger partial charge on any atom is 0.320 e. The van der Waals surface area contributed by atoms with Crippen molar-refractivity contribution in [3.8, 4) is 11.5 Å². The molecule has 2 aliphatic heterocycles. The largest absolute Gasteiger partial charge is 0.595 e. The number of benzene rings is 1. The SMILES string of the molecule is COc1cc(CN2CCN(C(=O)N3CCCC3)CC2)c([NH+]([O-])O)cc1OC. The molecular formula is C18H28N4O5. The van der Waals surface area contributed by atoms with Crippen LogP contribution in [0.15, 0.2) is 12.1 Å². The van der Waals surface area contributed by atoms with Gasteiger partial charge in [0.15, 0.2) is 17.2 Å². The Hall–Kier alpha value is -2.07. The van der Waals surface area contributed by atoms with Gasteiger partial charge in [-0.2, -0.15) is 5.23 Å². The fourth-order valence-electron chi connectivity index (χ4n) is 3.70. The molecule has 1 aromatic carbocycles. The molecule has 0 aromatic heterocycles. The lowest BCUT2D eigenvalue weighted by atomic mass is 10.1. The average Bonchev–Trinajstić information content (AvgIpc) is 3.22. The van der Waals surface area contributed by atoms with Gasteiger partial charge in [-0.1, -0.05) is 0 Å². The van der Waals surface area contributed by atoms with Crippen LogP contribution in [0.4, 0.5) is 10.5 Å². The normalized spacial score (nSPS) is 19.3. The highest BCUT2D eigenvalue weighted by atomic mass is 16.8. The minimum atomic E-state index is -0.992. The number of amides is 2. The van der Waals surface area contributed by atoms with Gasteiger partial charge in [0.25, 0.3) is 0 Å². The Labute approximate surface area is 159 Å². The number of ether oxygens (including phenoxy) is 2. The molecule has 0 spiro atoms. The molecule has 2 amide bonds. The van der Waals surface area contributed by atoms with E-state index >= 15 is 0 Å². The van der Waals surface area contributed by atoms with Crippen molar-refractivity contribution in [1.82, 2.24) is 14.7 Å². The zero-order chi connectivity index (χ0) is 19.4. The first kappa shape index (κ1) is 19.7. The first-order valence-electron chi connectivity index (χ1n) is 9.28. The summed E-state index contributed by atoms with van der Waals surface area (Å²) in [7, 11) is 3.02. The number of rotatable bonds is 5. The Morgan fingerprint density at radius 3 is 2.15 bits per heavy atom. The fourth-order valence-corrected chi connectivity index (χ4v) is 3.70. The van der Waals surface area contributed by atoms with Crippen LogP contribution < -0.4 is 14.7 Å². The topological polar surface area (TPSA) is 93.0 Å². The van der Waals surface area contributed by atoms with E-state index in [-0.39, 0.29) is 11.7 Å². The van der Waals surface area contributed by atoms with Gasteiger partial charge in [0, 0.05) is 57.4 Å². The molecule has 2 aliphatic rings. The molecule has 27 heavy (non-hydrogen) atoms. The molecule has 2 saturated heterocycles. The summed E-state index contributed by atoms with van der Waals surface area (Å²) in [4.78, 5) is 18.5. The zero-order valence-electron chi connectivity index (χ0n) is 15.9. The molecule has 0 saturated carbocycles. The van der Waals surface area contributed by atoms with Gasteiger partial charge in [0.2, 0.25) is 0 Å². The van der Waals surface area contributed by atoms with Gasteiger partial charge in [0.1, 0.15) is 0 Å². The molecule has 150 valence electrons. The Morgan fingerprint density at radius 1 is 1.04 bits per heavy atom. The maximum absolute atomic E-state index is 12.5. The van der Waals surface area contributed by atoms with Crippen molar-refractivity contribution in [3.05, 3.63) is 22.9 Å². The summed E-state index contributed by atoms with van der Waals surface area (Å²) in [6, 6.07) is 3.36. The third kappa shape index (κ3) is 4.44. The number of nitrogens with one attached hydrogen (secondary N) is 1. The lowest BCUT2D eigenvalue weighted by Crippen LogP contribution is -2.99. The third-order valence-electron chi connectivity index (χ3n) is 5.25. The van der Waals surface area contributed by atoms with Crippen LogP contribution in [-0.4, -0.2) is 79.4 Å². The third-order valence-corrected chi connectivity index (χ3v) is 5.25. The zero-order valence-corrected chi connectivity index (χ0v) is 15.9. The number of carbonyl (C=O) groups excluding carboxylic acids is 1. The number of methoxy groups -OCH3 is 2. The quantitative estimate of drug-likeness (QED) is 0.720. The van der Waals surface area contributed by atoms with Crippen molar-refractivity contribution in [2.24, 2.45) is 0 Å². The smallest absolute Gasteiger partial charge is 0.320 e. The van der Waals surface area contributed by atoms with Crippen LogP contribution in [-0.2, 0) is 6.54 Å². The van der Waals surface area contributed by atoms with Gasteiger partial charge >= 0.3 is 6.03 Å². The minimum Gasteiger partial charge on any atom is -0.595 e. The summed E-state index contributed by atoms with van der Waals surface area (Å²) in [5.41, 5.74) is 0.891. The molecule has 1 aromatic rings. The summed E-state index contributed by atoms with van der Waals surface area (Å²) in [6.07, 6.45) is 2.17. The fraction of sp³-hybridized carbons (Fsp3) is 0.611. The van der Waals surface area contributed by atoms with Gasteiger partial charge in [-0.25, -0.2) is 10.0 Å². The molecular weight excluding hydrogens is 352 g/mol. The number of quaternary nitrogens is 1. The molecule has 0 aliphatic carbocycles. The number of hydrogen-bond acceptors (Lipinski definition) is 6. The van der Waals surface area contributed by atoms with Crippen molar-refractivity contribution in [2.75, 3.05) is 53.5 Å². The number of nitrogens with zero attached hydrogens (tertiary/aromatic N) is 3. The molecule has 9 heteroatoms. The molecule has 0 radical (unpaired) electrons. The highest BCUT2D eigenvalue weighted by Gasteiger charge is 2.27. The van der Waals surface area contributed by atoms with Gasteiger partial charge in [0.05, 0.1) is 14.2 Å². The first-order chi connectivity index (χ1) is 13.0. The predicted molar refractivity (Wildman–Crippen MR) is 98.4 cm³/mol. The van der Waals surface area contributed by atoms with Crippen LogP contribution in [0.2, 0.25) is 0 Å². The molecule has 2 heterocycles. The van der Waals surface area contributed by atoms with Crippen LogP contribution in [0.5, 0.6) is 11.5 Å². The van der Waals surface area contributed by atoms with E-state index in [1.807, 2.05) is 9.80 Å². The lowest BCUT2D eigenvalue weighted by molar-refractivity contribution is -0.991. The predicted octanol–water partition coefficient (Wildman–Crippen LogP) is 0.441. The number of piperazine rings is 1. The molecule has 2 fully saturated rings. The van der Waals surface area contributed by atoms with Gasteiger partial charge in [-0.3, -0.25) is 4.90 Å². The van der Waals surface area contributed by atoms with Crippen molar-refractivity contribution in [2.45, 2.75) is 19.4 Å². The number of hydrogen-bond donors (Lipinski definition) is 2. The second-order valence-electron chi connectivity index (χ2n) is 6.91. The van der Waals surface area contributed by atoms with Crippen molar-refractivity contribution in [3.63, 3.8) is 0 Å². The summed E-state index contributed by atoms with van der Waals surface area (Å²) in [5.74, 6) is 0.917. The lowest BCUT2D eigenvalue weighted by Gasteiger charge is -2.36. The second-order valence-corrected chi connectivity index (χ2v) is 6.91. The second kappa shape index (κ2) is 8.75. The van der Waals surface area contributed by atoms with Crippen LogP contribution in [0, 0.1) is 5.21 Å². The summed E-state index contributed by atoms with van der Waals surface area (Å²) < 4.78 is 10.5. The Morgan fingerprint density at radius 2 is 1.59 bits per heavy atom. The van der Waals surface area contributed by atoms with Crippen LogP contribution in [0.3, 0.4) is 0 Å². The standard InChI is InChI=1S/C18H28N4O5/c1-26-16-11-14(15(22(24)25)12-17(16)27-2)13-19-7-9-21(10-8-19)18(23)20-5-3-4-6-20/h11-12,22,24H,3-10,13H2,1-2H3. The molecule has 9 nitrogen and oxygen atoms in total.